The number of nitriles is 2. The molecule has 0 aliphatic carbocycles. The molecule has 5 nitrogen and oxygen atoms in total. The van der Waals surface area contributed by atoms with Crippen LogP contribution in [0.4, 0.5) is 4.79 Å². The Morgan fingerprint density at radius 3 is 2.57 bits per heavy atom. The van der Waals surface area contributed by atoms with Gasteiger partial charge in [-0.2, -0.15) is 10.5 Å². The van der Waals surface area contributed by atoms with Crippen molar-refractivity contribution in [3.05, 3.63) is 33.8 Å². The van der Waals surface area contributed by atoms with E-state index in [4.69, 9.17) is 10.4 Å². The van der Waals surface area contributed by atoms with Crippen LogP contribution in [0.15, 0.2) is 22.7 Å². The fourth-order valence-electron chi connectivity index (χ4n) is 2.62. The second-order valence-corrected chi connectivity index (χ2v) is 6.02. The van der Waals surface area contributed by atoms with Gasteiger partial charge in [-0.05, 0) is 46.8 Å². The minimum atomic E-state index is -0.936. The van der Waals surface area contributed by atoms with Crippen molar-refractivity contribution in [2.75, 3.05) is 13.1 Å². The molecule has 1 saturated heterocycles. The van der Waals surface area contributed by atoms with Gasteiger partial charge in [-0.1, -0.05) is 12.1 Å². The summed E-state index contributed by atoms with van der Waals surface area (Å²) in [4.78, 5) is 12.3. The zero-order chi connectivity index (χ0) is 15.5. The van der Waals surface area contributed by atoms with Crippen LogP contribution in [0.25, 0.3) is 0 Å². The highest BCUT2D eigenvalue weighted by Crippen LogP contribution is 2.37. The SMILES string of the molecule is N#Cc1cccc(CC2(C#N)CCN(C(=O)O)CC2)c1Br. The Morgan fingerprint density at radius 1 is 1.38 bits per heavy atom. The Labute approximate surface area is 131 Å². The van der Waals surface area contributed by atoms with Gasteiger partial charge in [-0.3, -0.25) is 0 Å². The summed E-state index contributed by atoms with van der Waals surface area (Å²) in [5.41, 5.74) is 0.894. The Kier molecular flexibility index (Phi) is 4.50. The first-order valence-electron chi connectivity index (χ1n) is 6.58. The van der Waals surface area contributed by atoms with E-state index in [-0.39, 0.29) is 0 Å². The van der Waals surface area contributed by atoms with Crippen molar-refractivity contribution in [2.24, 2.45) is 5.41 Å². The monoisotopic (exact) mass is 347 g/mol. The van der Waals surface area contributed by atoms with E-state index >= 15 is 0 Å². The molecule has 1 aromatic rings. The van der Waals surface area contributed by atoms with Gasteiger partial charge in [0.05, 0.1) is 17.0 Å². The maximum absolute atomic E-state index is 10.9. The van der Waals surface area contributed by atoms with Crippen LogP contribution in [-0.2, 0) is 6.42 Å². The minimum absolute atomic E-state index is 0.373. The van der Waals surface area contributed by atoms with E-state index in [0.717, 1.165) is 10.0 Å². The molecule has 0 unspecified atom stereocenters. The van der Waals surface area contributed by atoms with Gasteiger partial charge >= 0.3 is 6.09 Å². The van der Waals surface area contributed by atoms with Crippen molar-refractivity contribution in [2.45, 2.75) is 19.3 Å². The smallest absolute Gasteiger partial charge is 0.407 e. The van der Waals surface area contributed by atoms with Crippen LogP contribution in [0.3, 0.4) is 0 Å². The lowest BCUT2D eigenvalue weighted by molar-refractivity contribution is 0.110. The quantitative estimate of drug-likeness (QED) is 0.889. The number of benzene rings is 1. The van der Waals surface area contributed by atoms with Crippen molar-refractivity contribution >= 4 is 22.0 Å². The lowest BCUT2D eigenvalue weighted by Gasteiger charge is -2.36. The molecule has 0 atom stereocenters. The van der Waals surface area contributed by atoms with Gasteiger partial charge in [0.25, 0.3) is 0 Å². The van der Waals surface area contributed by atoms with Gasteiger partial charge in [0.2, 0.25) is 0 Å². The van der Waals surface area contributed by atoms with Crippen LogP contribution in [-0.4, -0.2) is 29.2 Å². The predicted molar refractivity (Wildman–Crippen MR) is 79.4 cm³/mol. The molecule has 0 aromatic heterocycles. The lowest BCUT2D eigenvalue weighted by Crippen LogP contribution is -2.43. The second-order valence-electron chi connectivity index (χ2n) is 5.23. The molecule has 1 amide bonds. The molecule has 1 fully saturated rings. The molecule has 2 rings (SSSR count). The number of carbonyl (C=O) groups is 1. The van der Waals surface area contributed by atoms with Crippen molar-refractivity contribution < 1.29 is 9.90 Å². The van der Waals surface area contributed by atoms with Crippen LogP contribution < -0.4 is 0 Å². The third-order valence-corrected chi connectivity index (χ3v) is 4.89. The highest BCUT2D eigenvalue weighted by molar-refractivity contribution is 9.10. The topological polar surface area (TPSA) is 88.1 Å². The molecule has 1 aliphatic rings. The number of likely N-dealkylation sites (tertiary alicyclic amines) is 1. The van der Waals surface area contributed by atoms with E-state index in [0.29, 0.717) is 37.9 Å². The molecule has 1 aromatic carbocycles. The van der Waals surface area contributed by atoms with E-state index in [1.165, 1.54) is 4.90 Å². The van der Waals surface area contributed by atoms with Crippen molar-refractivity contribution in [1.82, 2.24) is 4.90 Å². The molecule has 0 spiro atoms. The second kappa shape index (κ2) is 6.15. The Balaban J connectivity index is 2.20. The molecular weight excluding hydrogens is 334 g/mol. The van der Waals surface area contributed by atoms with Gasteiger partial charge in [-0.15, -0.1) is 0 Å². The number of amides is 1. The summed E-state index contributed by atoms with van der Waals surface area (Å²) in [5.74, 6) is 0. The highest BCUT2D eigenvalue weighted by atomic mass is 79.9. The molecular formula is C15H14BrN3O2. The standard InChI is InChI=1S/C15H14BrN3O2/c16-13-11(2-1-3-12(13)9-17)8-15(10-18)4-6-19(7-5-15)14(20)21/h1-3H,4-8H2,(H,20,21). The number of hydrogen-bond donors (Lipinski definition) is 1. The summed E-state index contributed by atoms with van der Waals surface area (Å²) in [7, 11) is 0. The maximum atomic E-state index is 10.9. The third kappa shape index (κ3) is 3.17. The Hall–Kier alpha value is -2.05. The largest absolute Gasteiger partial charge is 0.465 e. The minimum Gasteiger partial charge on any atom is -0.465 e. The van der Waals surface area contributed by atoms with E-state index in [1.54, 1.807) is 12.1 Å². The van der Waals surface area contributed by atoms with Crippen LogP contribution in [0, 0.1) is 28.1 Å². The van der Waals surface area contributed by atoms with Crippen LogP contribution >= 0.6 is 15.9 Å². The summed E-state index contributed by atoms with van der Waals surface area (Å²) >= 11 is 3.42. The number of nitrogens with zero attached hydrogens (tertiary/aromatic N) is 3. The van der Waals surface area contributed by atoms with Crippen LogP contribution in [0.1, 0.15) is 24.0 Å². The van der Waals surface area contributed by atoms with Gasteiger partial charge in [-0.25, -0.2) is 4.79 Å². The number of carboxylic acid groups (broad SMARTS) is 1. The fourth-order valence-corrected chi connectivity index (χ4v) is 3.11. The zero-order valence-electron chi connectivity index (χ0n) is 11.3. The van der Waals surface area contributed by atoms with Crippen molar-refractivity contribution in [3.8, 4) is 12.1 Å². The number of halogens is 1. The van der Waals surface area contributed by atoms with Gasteiger partial charge in [0.15, 0.2) is 0 Å². The highest BCUT2D eigenvalue weighted by Gasteiger charge is 2.36. The van der Waals surface area contributed by atoms with E-state index in [1.807, 2.05) is 6.07 Å². The lowest BCUT2D eigenvalue weighted by atomic mass is 9.75. The first kappa shape index (κ1) is 15.3. The summed E-state index contributed by atoms with van der Waals surface area (Å²) < 4.78 is 0.725. The Morgan fingerprint density at radius 2 is 2.05 bits per heavy atom. The number of rotatable bonds is 2. The van der Waals surface area contributed by atoms with E-state index < -0.39 is 11.5 Å². The third-order valence-electron chi connectivity index (χ3n) is 3.96. The molecule has 21 heavy (non-hydrogen) atoms. The van der Waals surface area contributed by atoms with E-state index in [2.05, 4.69) is 28.1 Å². The molecule has 1 N–H and O–H groups in total. The average Bonchev–Trinajstić information content (AvgIpc) is 2.50. The zero-order valence-corrected chi connectivity index (χ0v) is 12.9. The normalized spacial score (nSPS) is 16.8. The van der Waals surface area contributed by atoms with Crippen LogP contribution in [0.5, 0.6) is 0 Å². The van der Waals surface area contributed by atoms with Crippen molar-refractivity contribution in [3.63, 3.8) is 0 Å². The predicted octanol–water partition coefficient (Wildman–Crippen LogP) is 3.15. The van der Waals surface area contributed by atoms with Crippen LogP contribution in [0.2, 0.25) is 0 Å². The Bertz CT molecular complexity index is 637. The molecule has 1 aliphatic heterocycles. The van der Waals surface area contributed by atoms with Gasteiger partial charge in [0.1, 0.15) is 6.07 Å². The maximum Gasteiger partial charge on any atom is 0.407 e. The number of piperidine rings is 1. The summed E-state index contributed by atoms with van der Waals surface area (Å²) in [6.45, 7) is 0.747. The molecule has 0 bridgehead atoms. The van der Waals surface area contributed by atoms with Crippen molar-refractivity contribution in [1.29, 1.82) is 10.5 Å². The summed E-state index contributed by atoms with van der Waals surface area (Å²) in [6.07, 6.45) is 0.611. The first-order valence-corrected chi connectivity index (χ1v) is 7.37. The first-order chi connectivity index (χ1) is 10.0. The summed E-state index contributed by atoms with van der Waals surface area (Å²) in [6, 6.07) is 9.90. The molecule has 108 valence electrons. The molecule has 0 saturated carbocycles. The number of hydrogen-bond acceptors (Lipinski definition) is 3. The van der Waals surface area contributed by atoms with Gasteiger partial charge < -0.3 is 10.0 Å². The van der Waals surface area contributed by atoms with E-state index in [9.17, 15) is 10.1 Å². The molecule has 0 radical (unpaired) electrons. The average molecular weight is 348 g/mol. The summed E-state index contributed by atoms with van der Waals surface area (Å²) in [5, 5.41) is 27.6. The van der Waals surface area contributed by atoms with Gasteiger partial charge in [0, 0.05) is 17.6 Å². The fraction of sp³-hybridized carbons (Fsp3) is 0.400. The molecule has 1 heterocycles. The molecule has 6 heteroatoms.